The zero-order chi connectivity index (χ0) is 23.4. The van der Waals surface area contributed by atoms with Crippen molar-refractivity contribution in [3.8, 4) is 5.75 Å². The van der Waals surface area contributed by atoms with Gasteiger partial charge in [0.15, 0.2) is 0 Å². The second-order valence-corrected chi connectivity index (χ2v) is 10.0. The number of hydrogen-bond acceptors (Lipinski definition) is 5. The maximum absolute atomic E-state index is 13.6. The molecule has 33 heavy (non-hydrogen) atoms. The van der Waals surface area contributed by atoms with Crippen LogP contribution in [0.2, 0.25) is 0 Å². The molecule has 0 N–H and O–H groups in total. The van der Waals surface area contributed by atoms with Gasteiger partial charge in [0.05, 0.1) is 10.9 Å². The normalized spacial score (nSPS) is 16.2. The molecular formula is C25H27FN2O3S2. The van der Waals surface area contributed by atoms with Crippen molar-refractivity contribution in [2.75, 3.05) is 19.7 Å². The van der Waals surface area contributed by atoms with Crippen molar-refractivity contribution in [1.82, 2.24) is 9.80 Å². The Bertz CT molecular complexity index is 1100. The topological polar surface area (TPSA) is 49.9 Å². The lowest BCUT2D eigenvalue weighted by Crippen LogP contribution is -2.49. The Kier molecular flexibility index (Phi) is 7.45. The van der Waals surface area contributed by atoms with Crippen LogP contribution in [0.25, 0.3) is 0 Å². The third-order valence-corrected chi connectivity index (χ3v) is 7.89. The molecule has 1 aromatic carbocycles. The molecular weight excluding hydrogens is 459 g/mol. The predicted octanol–water partition coefficient (Wildman–Crippen LogP) is 5.39. The minimum absolute atomic E-state index is 0.0156. The first-order valence-corrected chi connectivity index (χ1v) is 12.8. The Hall–Kier alpha value is -2.71. The van der Waals surface area contributed by atoms with Crippen molar-refractivity contribution in [2.45, 2.75) is 38.8 Å². The molecule has 8 heteroatoms. The zero-order valence-corrected chi connectivity index (χ0v) is 20.3. The molecule has 0 radical (unpaired) electrons. The molecule has 0 aliphatic carbocycles. The molecule has 5 nitrogen and oxygen atoms in total. The van der Waals surface area contributed by atoms with Gasteiger partial charge in [-0.05, 0) is 60.4 Å². The molecule has 4 rings (SSSR count). The van der Waals surface area contributed by atoms with E-state index in [1.165, 1.54) is 28.3 Å². The first kappa shape index (κ1) is 23.4. The summed E-state index contributed by atoms with van der Waals surface area (Å²) in [4.78, 5) is 32.0. The minimum atomic E-state index is -0.364. The number of carbonyl (C=O) groups excluding carboxylic acids is 2. The fourth-order valence-electron chi connectivity index (χ4n) is 4.03. The molecule has 1 aliphatic rings. The maximum Gasteiger partial charge on any atom is 0.264 e. The van der Waals surface area contributed by atoms with Crippen LogP contribution >= 0.6 is 22.7 Å². The van der Waals surface area contributed by atoms with E-state index in [2.05, 4.69) is 0 Å². The molecule has 3 heterocycles. The summed E-state index contributed by atoms with van der Waals surface area (Å²) < 4.78 is 19.5. The van der Waals surface area contributed by atoms with Crippen molar-refractivity contribution in [2.24, 2.45) is 0 Å². The van der Waals surface area contributed by atoms with Crippen LogP contribution in [0.15, 0.2) is 53.2 Å². The third kappa shape index (κ3) is 5.28. The first-order chi connectivity index (χ1) is 16.0. The highest BCUT2D eigenvalue weighted by Crippen LogP contribution is 2.34. The largest absolute Gasteiger partial charge is 0.491 e. The van der Waals surface area contributed by atoms with E-state index in [-0.39, 0.29) is 42.9 Å². The second kappa shape index (κ2) is 10.5. The molecule has 2 amide bonds. The smallest absolute Gasteiger partial charge is 0.264 e. The lowest BCUT2D eigenvalue weighted by atomic mass is 10.00. The fourth-order valence-corrected chi connectivity index (χ4v) is 5.64. The summed E-state index contributed by atoms with van der Waals surface area (Å²) >= 11 is 3.06. The van der Waals surface area contributed by atoms with Crippen LogP contribution in [0, 0.1) is 5.82 Å². The van der Waals surface area contributed by atoms with Gasteiger partial charge in [0.1, 0.15) is 24.7 Å². The summed E-state index contributed by atoms with van der Waals surface area (Å²) in [6, 6.07) is 11.3. The number of benzene rings is 1. The first-order valence-electron chi connectivity index (χ1n) is 11.1. The van der Waals surface area contributed by atoms with Gasteiger partial charge in [0, 0.05) is 23.5 Å². The van der Waals surface area contributed by atoms with E-state index in [1.807, 2.05) is 41.6 Å². The summed E-state index contributed by atoms with van der Waals surface area (Å²) in [5.74, 6) is -0.158. The van der Waals surface area contributed by atoms with Crippen LogP contribution < -0.4 is 4.74 Å². The number of thiophene rings is 2. The number of ether oxygens (including phenoxy) is 1. The van der Waals surface area contributed by atoms with E-state index >= 15 is 0 Å². The SMILES string of the molecule is CC[C@@H](C)N(CC(=O)N1CCc2sccc2[C@@H]1COc1cccc(F)c1)C(=O)c1cccs1. The van der Waals surface area contributed by atoms with Gasteiger partial charge in [-0.25, -0.2) is 4.39 Å². The second-order valence-electron chi connectivity index (χ2n) is 8.09. The highest BCUT2D eigenvalue weighted by Gasteiger charge is 2.34. The number of amides is 2. The molecule has 0 bridgehead atoms. The number of carbonyl (C=O) groups is 2. The maximum atomic E-state index is 13.6. The number of rotatable bonds is 8. The Labute approximate surface area is 201 Å². The quantitative estimate of drug-likeness (QED) is 0.429. The van der Waals surface area contributed by atoms with Gasteiger partial charge >= 0.3 is 0 Å². The molecule has 0 fully saturated rings. The Morgan fingerprint density at radius 2 is 2.06 bits per heavy atom. The summed E-state index contributed by atoms with van der Waals surface area (Å²) in [7, 11) is 0. The van der Waals surface area contributed by atoms with Crippen LogP contribution in [0.4, 0.5) is 4.39 Å². The number of nitrogens with zero attached hydrogens (tertiary/aromatic N) is 2. The molecule has 0 spiro atoms. The molecule has 0 saturated heterocycles. The number of halogens is 1. The molecule has 3 aromatic rings. The van der Waals surface area contributed by atoms with Crippen LogP contribution in [0.5, 0.6) is 5.75 Å². The van der Waals surface area contributed by atoms with Gasteiger partial charge < -0.3 is 14.5 Å². The monoisotopic (exact) mass is 486 g/mol. The van der Waals surface area contributed by atoms with Crippen molar-refractivity contribution >= 4 is 34.5 Å². The standard InChI is InChI=1S/C25H27FN2O3S2/c1-3-17(2)28(25(30)23-8-5-12-32-23)15-24(29)27-11-9-22-20(10-13-33-22)21(27)16-31-19-7-4-6-18(26)14-19/h4-8,10,12-14,17,21H,3,9,11,15-16H2,1-2H3/t17-,21+/m1/s1. The lowest BCUT2D eigenvalue weighted by Gasteiger charge is -2.38. The van der Waals surface area contributed by atoms with Gasteiger partial charge in [0.25, 0.3) is 5.91 Å². The highest BCUT2D eigenvalue weighted by atomic mass is 32.1. The molecule has 0 saturated carbocycles. The van der Waals surface area contributed by atoms with E-state index in [0.717, 1.165) is 18.4 Å². The van der Waals surface area contributed by atoms with Gasteiger partial charge in [-0.1, -0.05) is 19.1 Å². The summed E-state index contributed by atoms with van der Waals surface area (Å²) in [5, 5.41) is 3.89. The summed E-state index contributed by atoms with van der Waals surface area (Å²) in [5.41, 5.74) is 1.07. The van der Waals surface area contributed by atoms with E-state index in [4.69, 9.17) is 4.74 Å². The highest BCUT2D eigenvalue weighted by molar-refractivity contribution is 7.12. The fraction of sp³-hybridized carbons (Fsp3) is 0.360. The van der Waals surface area contributed by atoms with Crippen molar-refractivity contribution in [3.63, 3.8) is 0 Å². The molecule has 174 valence electrons. The van der Waals surface area contributed by atoms with Gasteiger partial charge in [0.2, 0.25) is 5.91 Å². The number of hydrogen-bond donors (Lipinski definition) is 0. The Morgan fingerprint density at radius 3 is 2.79 bits per heavy atom. The van der Waals surface area contributed by atoms with E-state index < -0.39 is 0 Å². The zero-order valence-electron chi connectivity index (χ0n) is 18.7. The van der Waals surface area contributed by atoms with Crippen LogP contribution in [0.1, 0.15) is 46.4 Å². The number of fused-ring (bicyclic) bond motifs is 1. The van der Waals surface area contributed by atoms with E-state index in [0.29, 0.717) is 17.2 Å². The van der Waals surface area contributed by atoms with E-state index in [1.54, 1.807) is 34.4 Å². The van der Waals surface area contributed by atoms with Crippen molar-refractivity contribution in [3.05, 3.63) is 74.4 Å². The Morgan fingerprint density at radius 1 is 1.21 bits per heavy atom. The Balaban J connectivity index is 1.54. The van der Waals surface area contributed by atoms with Crippen LogP contribution in [0.3, 0.4) is 0 Å². The van der Waals surface area contributed by atoms with Crippen molar-refractivity contribution in [1.29, 1.82) is 0 Å². The van der Waals surface area contributed by atoms with Gasteiger partial charge in [-0.3, -0.25) is 9.59 Å². The van der Waals surface area contributed by atoms with Gasteiger partial charge in [-0.15, -0.1) is 22.7 Å². The molecule has 1 aliphatic heterocycles. The molecule has 2 aromatic heterocycles. The molecule has 2 atom stereocenters. The minimum Gasteiger partial charge on any atom is -0.491 e. The summed E-state index contributed by atoms with van der Waals surface area (Å²) in [6.45, 7) is 4.78. The summed E-state index contributed by atoms with van der Waals surface area (Å²) in [6.07, 6.45) is 1.53. The predicted molar refractivity (Wildman–Crippen MR) is 129 cm³/mol. The van der Waals surface area contributed by atoms with Crippen molar-refractivity contribution < 1.29 is 18.7 Å². The van der Waals surface area contributed by atoms with Gasteiger partial charge in [-0.2, -0.15) is 0 Å². The van der Waals surface area contributed by atoms with Crippen LogP contribution in [-0.2, 0) is 11.2 Å². The third-order valence-electron chi connectivity index (χ3n) is 6.04. The lowest BCUT2D eigenvalue weighted by molar-refractivity contribution is -0.136. The molecule has 0 unspecified atom stereocenters. The van der Waals surface area contributed by atoms with Crippen LogP contribution in [-0.4, -0.2) is 47.4 Å². The average Bonchev–Trinajstić information content (AvgIpc) is 3.52. The average molecular weight is 487 g/mol. The van der Waals surface area contributed by atoms with E-state index in [9.17, 15) is 14.0 Å².